The van der Waals surface area contributed by atoms with Crippen molar-refractivity contribution >= 4 is 37.3 Å². The molecule has 0 saturated carbocycles. The fourth-order valence-corrected chi connectivity index (χ4v) is 3.20. The van der Waals surface area contributed by atoms with Gasteiger partial charge in [-0.25, -0.2) is 8.42 Å². The molecule has 0 aromatic heterocycles. The minimum absolute atomic E-state index is 0.00967. The smallest absolute Gasteiger partial charge is 0.265 e. The van der Waals surface area contributed by atoms with Crippen LogP contribution in [0.1, 0.15) is 0 Å². The van der Waals surface area contributed by atoms with Gasteiger partial charge in [0, 0.05) is 15.8 Å². The van der Waals surface area contributed by atoms with Gasteiger partial charge in [0.05, 0.1) is 7.11 Å². The average Bonchev–Trinajstić information content (AvgIpc) is 2.42. The summed E-state index contributed by atoms with van der Waals surface area (Å²) in [5.74, 6) is 0.217. The van der Waals surface area contributed by atoms with Crippen LogP contribution in [0.3, 0.4) is 0 Å². The molecule has 5 nitrogen and oxygen atoms in total. The van der Waals surface area contributed by atoms with Gasteiger partial charge in [-0.15, -0.1) is 0 Å². The van der Waals surface area contributed by atoms with Crippen molar-refractivity contribution in [1.82, 2.24) is 0 Å². The number of nitrogen functional groups attached to an aromatic ring is 1. The molecule has 106 valence electrons. The van der Waals surface area contributed by atoms with Crippen LogP contribution in [0.4, 0.5) is 11.4 Å². The highest BCUT2D eigenvalue weighted by atomic mass is 79.9. The summed E-state index contributed by atoms with van der Waals surface area (Å²) in [5, 5.41) is 0. The van der Waals surface area contributed by atoms with Gasteiger partial charge in [0.1, 0.15) is 10.6 Å². The lowest BCUT2D eigenvalue weighted by molar-refractivity contribution is 0.402. The molecule has 2 aromatic rings. The maximum absolute atomic E-state index is 12.4. The Kier molecular flexibility index (Phi) is 4.20. The zero-order valence-corrected chi connectivity index (χ0v) is 13.0. The molecule has 0 radical (unpaired) electrons. The Morgan fingerprint density at radius 2 is 1.85 bits per heavy atom. The van der Waals surface area contributed by atoms with E-state index in [9.17, 15) is 8.42 Å². The number of anilines is 2. The predicted molar refractivity (Wildman–Crippen MR) is 82.4 cm³/mol. The number of sulfonamides is 1. The highest BCUT2D eigenvalue weighted by Crippen LogP contribution is 2.33. The molecule has 0 fully saturated rings. The number of para-hydroxylation sites is 1. The molecule has 0 atom stereocenters. The minimum Gasteiger partial charge on any atom is -0.495 e. The number of halogens is 1. The van der Waals surface area contributed by atoms with E-state index in [0.29, 0.717) is 15.8 Å². The Balaban J connectivity index is 2.47. The van der Waals surface area contributed by atoms with E-state index in [2.05, 4.69) is 20.7 Å². The van der Waals surface area contributed by atoms with Crippen LogP contribution in [0.5, 0.6) is 5.75 Å². The van der Waals surface area contributed by atoms with E-state index in [-0.39, 0.29) is 10.6 Å². The van der Waals surface area contributed by atoms with Crippen LogP contribution in [0, 0.1) is 0 Å². The third-order valence-electron chi connectivity index (χ3n) is 2.60. The second kappa shape index (κ2) is 5.72. The Bertz CT molecular complexity index is 718. The third kappa shape index (κ3) is 3.05. The first-order valence-electron chi connectivity index (χ1n) is 5.65. The summed E-state index contributed by atoms with van der Waals surface area (Å²) < 4.78 is 32.9. The molecule has 0 heterocycles. The van der Waals surface area contributed by atoms with Crippen molar-refractivity contribution in [3.8, 4) is 5.75 Å². The summed E-state index contributed by atoms with van der Waals surface area (Å²) in [4.78, 5) is -0.00967. The standard InChI is InChI=1S/C13H13BrN2O3S/c1-19-12-7-10(14)11(15)8-13(12)20(17,18)16-9-5-3-2-4-6-9/h2-8,16H,15H2,1H3. The molecule has 0 aliphatic carbocycles. The maximum Gasteiger partial charge on any atom is 0.265 e. The predicted octanol–water partition coefficient (Wildman–Crippen LogP) is 2.84. The van der Waals surface area contributed by atoms with E-state index < -0.39 is 10.0 Å². The molecule has 2 aromatic carbocycles. The quantitative estimate of drug-likeness (QED) is 0.825. The van der Waals surface area contributed by atoms with E-state index in [1.807, 2.05) is 0 Å². The number of methoxy groups -OCH3 is 1. The van der Waals surface area contributed by atoms with Crippen molar-refractivity contribution in [3.63, 3.8) is 0 Å². The van der Waals surface area contributed by atoms with E-state index >= 15 is 0 Å². The van der Waals surface area contributed by atoms with Crippen LogP contribution in [-0.4, -0.2) is 15.5 Å². The molecule has 7 heteroatoms. The Morgan fingerprint density at radius 3 is 2.45 bits per heavy atom. The van der Waals surface area contributed by atoms with Crippen molar-refractivity contribution in [1.29, 1.82) is 0 Å². The molecule has 0 unspecified atom stereocenters. The number of hydrogen-bond donors (Lipinski definition) is 2. The molecule has 0 spiro atoms. The summed E-state index contributed by atoms with van der Waals surface area (Å²) >= 11 is 3.23. The zero-order chi connectivity index (χ0) is 14.8. The van der Waals surface area contributed by atoms with Crippen LogP contribution in [-0.2, 0) is 10.0 Å². The van der Waals surface area contributed by atoms with Gasteiger partial charge in [-0.05, 0) is 40.2 Å². The number of nitrogens with one attached hydrogen (secondary N) is 1. The van der Waals surface area contributed by atoms with Crippen molar-refractivity contribution in [2.45, 2.75) is 4.90 Å². The lowest BCUT2D eigenvalue weighted by Crippen LogP contribution is -2.14. The minimum atomic E-state index is -3.77. The van der Waals surface area contributed by atoms with Gasteiger partial charge in [-0.2, -0.15) is 0 Å². The summed E-state index contributed by atoms with van der Waals surface area (Å²) in [5.41, 5.74) is 6.53. The van der Waals surface area contributed by atoms with Crippen LogP contribution in [0.2, 0.25) is 0 Å². The average molecular weight is 357 g/mol. The fraction of sp³-hybridized carbons (Fsp3) is 0.0769. The van der Waals surface area contributed by atoms with Crippen LogP contribution in [0.15, 0.2) is 51.8 Å². The summed E-state index contributed by atoms with van der Waals surface area (Å²) in [7, 11) is -2.37. The highest BCUT2D eigenvalue weighted by Gasteiger charge is 2.21. The van der Waals surface area contributed by atoms with Gasteiger partial charge in [-0.1, -0.05) is 18.2 Å². The zero-order valence-electron chi connectivity index (χ0n) is 10.6. The van der Waals surface area contributed by atoms with Crippen molar-refractivity contribution < 1.29 is 13.2 Å². The number of hydrogen-bond acceptors (Lipinski definition) is 4. The Hall–Kier alpha value is -1.73. The lowest BCUT2D eigenvalue weighted by atomic mass is 10.3. The van der Waals surface area contributed by atoms with Gasteiger partial charge in [0.2, 0.25) is 0 Å². The first kappa shape index (κ1) is 14.7. The molecule has 0 bridgehead atoms. The van der Waals surface area contributed by atoms with Gasteiger partial charge in [0.15, 0.2) is 0 Å². The number of ether oxygens (including phenoxy) is 1. The van der Waals surface area contributed by atoms with Gasteiger partial charge < -0.3 is 10.5 Å². The summed E-state index contributed by atoms with van der Waals surface area (Å²) in [6.45, 7) is 0. The lowest BCUT2D eigenvalue weighted by Gasteiger charge is -2.13. The SMILES string of the molecule is COc1cc(Br)c(N)cc1S(=O)(=O)Nc1ccccc1. The van der Waals surface area contributed by atoms with Crippen LogP contribution in [0.25, 0.3) is 0 Å². The molecule has 3 N–H and O–H groups in total. The van der Waals surface area contributed by atoms with Gasteiger partial charge >= 0.3 is 0 Å². The van der Waals surface area contributed by atoms with E-state index in [0.717, 1.165) is 0 Å². The molecule has 0 aliphatic rings. The molecule has 0 amide bonds. The molecule has 0 aliphatic heterocycles. The van der Waals surface area contributed by atoms with E-state index in [1.165, 1.54) is 19.2 Å². The van der Waals surface area contributed by atoms with Crippen LogP contribution < -0.4 is 15.2 Å². The molecule has 2 rings (SSSR count). The van der Waals surface area contributed by atoms with Crippen LogP contribution >= 0.6 is 15.9 Å². The van der Waals surface area contributed by atoms with E-state index in [1.54, 1.807) is 30.3 Å². The molecule has 20 heavy (non-hydrogen) atoms. The summed E-state index contributed by atoms with van der Waals surface area (Å²) in [6.07, 6.45) is 0. The Labute approximate surface area is 125 Å². The normalized spacial score (nSPS) is 11.1. The van der Waals surface area contributed by atoms with Gasteiger partial charge in [-0.3, -0.25) is 4.72 Å². The first-order valence-corrected chi connectivity index (χ1v) is 7.92. The molecule has 0 saturated heterocycles. The topological polar surface area (TPSA) is 81.4 Å². The van der Waals surface area contributed by atoms with Crippen molar-refractivity contribution in [2.75, 3.05) is 17.6 Å². The molecular weight excluding hydrogens is 344 g/mol. The monoisotopic (exact) mass is 356 g/mol. The maximum atomic E-state index is 12.4. The first-order chi connectivity index (χ1) is 9.44. The van der Waals surface area contributed by atoms with Gasteiger partial charge in [0.25, 0.3) is 10.0 Å². The van der Waals surface area contributed by atoms with Crippen molar-refractivity contribution in [2.24, 2.45) is 0 Å². The second-order valence-corrected chi connectivity index (χ2v) is 6.50. The second-order valence-electron chi connectivity index (χ2n) is 4.00. The highest BCUT2D eigenvalue weighted by molar-refractivity contribution is 9.10. The largest absolute Gasteiger partial charge is 0.495 e. The summed E-state index contributed by atoms with van der Waals surface area (Å²) in [6, 6.07) is 11.5. The number of rotatable bonds is 4. The third-order valence-corrected chi connectivity index (χ3v) is 4.69. The fourth-order valence-electron chi connectivity index (χ4n) is 1.64. The number of nitrogens with two attached hydrogens (primary N) is 1. The molecular formula is C13H13BrN2O3S. The number of benzene rings is 2. The van der Waals surface area contributed by atoms with E-state index in [4.69, 9.17) is 10.5 Å². The van der Waals surface area contributed by atoms with Crippen molar-refractivity contribution in [3.05, 3.63) is 46.9 Å². The Morgan fingerprint density at radius 1 is 1.20 bits per heavy atom.